The Hall–Kier alpha value is -1.77. The number of amides is 1. The third-order valence-corrected chi connectivity index (χ3v) is 5.05. The van der Waals surface area contributed by atoms with Crippen molar-refractivity contribution in [2.45, 2.75) is 30.2 Å². The van der Waals surface area contributed by atoms with Crippen LogP contribution in [0.3, 0.4) is 0 Å². The quantitative estimate of drug-likeness (QED) is 0.747. The predicted octanol–water partition coefficient (Wildman–Crippen LogP) is 2.85. The lowest BCUT2D eigenvalue weighted by Crippen LogP contribution is -2.26. The van der Waals surface area contributed by atoms with Gasteiger partial charge in [-0.05, 0) is 18.6 Å². The third kappa shape index (κ3) is 2.45. The Morgan fingerprint density at radius 2 is 1.90 bits per heavy atom. The predicted molar refractivity (Wildman–Crippen MR) is 64.6 cm³/mol. The van der Waals surface area contributed by atoms with Gasteiger partial charge in [0.2, 0.25) is 0 Å². The molecule has 1 aromatic carbocycles. The van der Waals surface area contributed by atoms with Crippen LogP contribution in [0.15, 0.2) is 21.4 Å². The molecule has 1 unspecified atom stereocenters. The van der Waals surface area contributed by atoms with E-state index in [1.54, 1.807) is 0 Å². The first-order valence-corrected chi connectivity index (χ1v) is 7.28. The molecule has 1 aliphatic rings. The highest BCUT2D eigenvalue weighted by molar-refractivity contribution is 7.94. The zero-order chi connectivity index (χ0) is 16.0. The summed E-state index contributed by atoms with van der Waals surface area (Å²) in [6.07, 6.45) is -0.238. The van der Waals surface area contributed by atoms with Crippen LogP contribution in [0.4, 0.5) is 17.6 Å². The largest absolute Gasteiger partial charge is 0.484 e. The second-order valence-corrected chi connectivity index (χ2v) is 6.54. The molecule has 21 heavy (non-hydrogen) atoms. The van der Waals surface area contributed by atoms with Gasteiger partial charge in [0.1, 0.15) is 5.82 Å². The van der Waals surface area contributed by atoms with Crippen molar-refractivity contribution in [1.82, 2.24) is 0 Å². The van der Waals surface area contributed by atoms with E-state index in [-0.39, 0.29) is 18.4 Å². The summed E-state index contributed by atoms with van der Waals surface area (Å²) in [5.74, 6) is -2.87. The number of alkyl halides is 3. The number of carbonyl (C=O) groups is 2. The van der Waals surface area contributed by atoms with Gasteiger partial charge >= 0.3 is 5.51 Å². The Balaban J connectivity index is 2.89. The first-order chi connectivity index (χ1) is 9.58. The Morgan fingerprint density at radius 3 is 2.43 bits per heavy atom. The van der Waals surface area contributed by atoms with Crippen LogP contribution in [0.25, 0.3) is 0 Å². The van der Waals surface area contributed by atoms with E-state index in [2.05, 4.69) is 4.36 Å². The number of ketones is 1. The van der Waals surface area contributed by atoms with Gasteiger partial charge < -0.3 is 0 Å². The molecule has 2 rings (SSSR count). The van der Waals surface area contributed by atoms with Gasteiger partial charge in [0.25, 0.3) is 5.91 Å². The molecule has 0 bridgehead atoms. The molecule has 1 aliphatic carbocycles. The summed E-state index contributed by atoms with van der Waals surface area (Å²) in [5, 5.41) is 0. The lowest BCUT2D eigenvalue weighted by Gasteiger charge is -2.16. The molecule has 0 aliphatic heterocycles. The zero-order valence-electron chi connectivity index (χ0n) is 10.7. The second-order valence-electron chi connectivity index (χ2n) is 4.40. The molecule has 0 fully saturated rings. The highest BCUT2D eigenvalue weighted by Gasteiger charge is 2.48. The highest BCUT2D eigenvalue weighted by atomic mass is 32.2. The van der Waals surface area contributed by atoms with Crippen LogP contribution in [-0.4, -0.2) is 21.4 Å². The minimum Gasteiger partial charge on any atom is -0.294 e. The van der Waals surface area contributed by atoms with Crippen molar-refractivity contribution in [3.63, 3.8) is 0 Å². The maximum Gasteiger partial charge on any atom is 0.484 e. The lowest BCUT2D eigenvalue weighted by atomic mass is 10.1. The van der Waals surface area contributed by atoms with Crippen LogP contribution < -0.4 is 0 Å². The number of nitrogens with zero attached hydrogens (tertiary/aromatic N) is 1. The third-order valence-electron chi connectivity index (χ3n) is 2.97. The molecule has 114 valence electrons. The molecule has 1 atom stereocenters. The van der Waals surface area contributed by atoms with Gasteiger partial charge in [-0.1, -0.05) is 0 Å². The smallest absolute Gasteiger partial charge is 0.294 e. The normalized spacial score (nSPS) is 17.3. The Kier molecular flexibility index (Phi) is 3.64. The van der Waals surface area contributed by atoms with Crippen LogP contribution in [0.5, 0.6) is 0 Å². The molecule has 9 heteroatoms. The van der Waals surface area contributed by atoms with Gasteiger partial charge in [0, 0.05) is 24.5 Å². The van der Waals surface area contributed by atoms with Gasteiger partial charge in [-0.3, -0.25) is 9.59 Å². The minimum absolute atomic E-state index is 0.0682. The van der Waals surface area contributed by atoms with E-state index in [9.17, 15) is 31.4 Å². The summed E-state index contributed by atoms with van der Waals surface area (Å²) in [5.41, 5.74) is -6.14. The van der Waals surface area contributed by atoms with Crippen molar-refractivity contribution in [2.75, 3.05) is 0 Å². The van der Waals surface area contributed by atoms with Crippen LogP contribution >= 0.6 is 0 Å². The number of fused-ring (bicyclic) bond motifs is 1. The van der Waals surface area contributed by atoms with Crippen LogP contribution in [0.2, 0.25) is 0 Å². The van der Waals surface area contributed by atoms with E-state index in [4.69, 9.17) is 0 Å². The summed E-state index contributed by atoms with van der Waals surface area (Å²) in [6.45, 7) is 0.719. The average molecular weight is 323 g/mol. The number of halogens is 4. The van der Waals surface area contributed by atoms with Crippen molar-refractivity contribution in [3.8, 4) is 0 Å². The van der Waals surface area contributed by atoms with Gasteiger partial charge in [0.05, 0.1) is 4.90 Å². The number of hydrogen-bond acceptors (Lipinski definition) is 3. The van der Waals surface area contributed by atoms with Crippen molar-refractivity contribution < 1.29 is 31.4 Å². The second kappa shape index (κ2) is 4.90. The van der Waals surface area contributed by atoms with Gasteiger partial charge in [-0.15, -0.1) is 0 Å². The Morgan fingerprint density at radius 1 is 1.29 bits per heavy atom. The average Bonchev–Trinajstić information content (AvgIpc) is 2.71. The SMILES string of the molecule is CC(=O)N=S(=O)(c1ccc(F)c2c1C(=O)CC2)C(F)(F)F. The standard InChI is InChI=1S/C12H9F4NO3S/c1-6(18)17-21(20,12(14,15)16)10-5-3-8(13)7-2-4-9(19)11(7)10/h3,5H,2,4H2,1H3. The molecule has 4 nitrogen and oxygen atoms in total. The number of hydrogen-bond donors (Lipinski definition) is 0. The first kappa shape index (κ1) is 15.6. The van der Waals surface area contributed by atoms with Crippen molar-refractivity contribution in [1.29, 1.82) is 0 Å². The molecule has 0 aromatic heterocycles. The van der Waals surface area contributed by atoms with E-state index in [1.165, 1.54) is 0 Å². The lowest BCUT2D eigenvalue weighted by molar-refractivity contribution is -0.115. The first-order valence-electron chi connectivity index (χ1n) is 5.76. The van der Waals surface area contributed by atoms with E-state index in [0.29, 0.717) is 12.1 Å². The van der Waals surface area contributed by atoms with Crippen LogP contribution in [0.1, 0.15) is 29.3 Å². The van der Waals surface area contributed by atoms with E-state index < -0.39 is 43.2 Å². The maximum absolute atomic E-state index is 13.6. The zero-order valence-corrected chi connectivity index (χ0v) is 11.5. The molecule has 0 saturated carbocycles. The summed E-state index contributed by atoms with van der Waals surface area (Å²) >= 11 is 0. The maximum atomic E-state index is 13.6. The summed E-state index contributed by atoms with van der Waals surface area (Å²) < 4.78 is 67.9. The molecule has 1 amide bonds. The number of rotatable bonds is 1. The van der Waals surface area contributed by atoms with Gasteiger partial charge in [-0.2, -0.15) is 17.5 Å². The van der Waals surface area contributed by atoms with Crippen molar-refractivity contribution >= 4 is 21.4 Å². The van der Waals surface area contributed by atoms with Gasteiger partial charge in [0.15, 0.2) is 15.5 Å². The van der Waals surface area contributed by atoms with E-state index in [0.717, 1.165) is 6.92 Å². The number of carbonyl (C=O) groups excluding carboxylic acids is 2. The summed E-state index contributed by atoms with van der Waals surface area (Å²) in [7, 11) is -5.17. The van der Waals surface area contributed by atoms with Gasteiger partial charge in [-0.25, -0.2) is 8.60 Å². The van der Waals surface area contributed by atoms with Crippen LogP contribution in [-0.2, 0) is 20.9 Å². The highest BCUT2D eigenvalue weighted by Crippen LogP contribution is 2.38. The number of Topliss-reactive ketones (excluding diaryl/α,β-unsaturated/α-hetero) is 1. The number of benzene rings is 1. The fourth-order valence-corrected chi connectivity index (χ4v) is 3.73. The molecule has 0 saturated heterocycles. The molecule has 0 N–H and O–H groups in total. The molecule has 1 aromatic rings. The fourth-order valence-electron chi connectivity index (χ4n) is 2.15. The summed E-state index contributed by atoms with van der Waals surface area (Å²) in [4.78, 5) is 21.7. The topological polar surface area (TPSA) is 63.6 Å². The molecule has 0 spiro atoms. The van der Waals surface area contributed by atoms with Crippen molar-refractivity contribution in [2.24, 2.45) is 4.36 Å². The monoisotopic (exact) mass is 323 g/mol. The molecule has 0 radical (unpaired) electrons. The van der Waals surface area contributed by atoms with Crippen LogP contribution in [0, 0.1) is 5.82 Å². The Bertz CT molecular complexity index is 761. The minimum atomic E-state index is -5.35. The molecular weight excluding hydrogens is 314 g/mol. The Labute approximate surface area is 117 Å². The fraction of sp³-hybridized carbons (Fsp3) is 0.333. The van der Waals surface area contributed by atoms with Crippen molar-refractivity contribution in [3.05, 3.63) is 29.1 Å². The van der Waals surface area contributed by atoms with E-state index in [1.807, 2.05) is 0 Å². The van der Waals surface area contributed by atoms with E-state index >= 15 is 0 Å². The molecule has 0 heterocycles. The molecular formula is C12H9F4NO3S. The summed E-state index contributed by atoms with van der Waals surface area (Å²) in [6, 6.07) is 1.31.